The lowest BCUT2D eigenvalue weighted by molar-refractivity contribution is -0.128. The first kappa shape index (κ1) is 13.7. The van der Waals surface area contributed by atoms with Crippen LogP contribution < -0.4 is 0 Å². The molecule has 0 saturated carbocycles. The Morgan fingerprint density at radius 3 is 2.75 bits per heavy atom. The molecule has 0 spiro atoms. The van der Waals surface area contributed by atoms with E-state index in [2.05, 4.69) is 15.9 Å². The van der Waals surface area contributed by atoms with Crippen LogP contribution in [0.3, 0.4) is 0 Å². The van der Waals surface area contributed by atoms with Gasteiger partial charge in [-0.1, -0.05) is 40.5 Å². The topological polar surface area (TPSA) is 26.3 Å². The lowest BCUT2D eigenvalue weighted by Gasteiger charge is -2.16. The molecule has 0 N–H and O–H groups in total. The predicted molar refractivity (Wildman–Crippen MR) is 68.8 cm³/mol. The van der Waals surface area contributed by atoms with E-state index in [4.69, 9.17) is 16.3 Å². The van der Waals surface area contributed by atoms with Crippen LogP contribution in [0.1, 0.15) is 31.9 Å². The third kappa shape index (κ3) is 3.58. The Balaban J connectivity index is 2.96. The van der Waals surface area contributed by atoms with Crippen molar-refractivity contribution in [2.45, 2.75) is 26.4 Å². The Hall–Kier alpha value is -0.380. The van der Waals surface area contributed by atoms with Crippen LogP contribution in [-0.4, -0.2) is 12.4 Å². The van der Waals surface area contributed by atoms with E-state index in [0.29, 0.717) is 11.6 Å². The van der Waals surface area contributed by atoms with Gasteiger partial charge in [0.25, 0.3) is 0 Å². The van der Waals surface area contributed by atoms with Gasteiger partial charge in [0.15, 0.2) is 5.78 Å². The van der Waals surface area contributed by atoms with Crippen molar-refractivity contribution in [3.63, 3.8) is 0 Å². The molecule has 0 aromatic heterocycles. The Kier molecular flexibility index (Phi) is 5.46. The molecule has 1 aromatic rings. The molecule has 1 unspecified atom stereocenters. The molecule has 0 amide bonds. The van der Waals surface area contributed by atoms with Crippen LogP contribution in [0.4, 0.5) is 0 Å². The van der Waals surface area contributed by atoms with Crippen molar-refractivity contribution in [3.8, 4) is 0 Å². The minimum atomic E-state index is -0.508. The predicted octanol–water partition coefficient (Wildman–Crippen LogP) is 4.16. The van der Waals surface area contributed by atoms with Gasteiger partial charge in [0.1, 0.15) is 6.10 Å². The first-order valence-electron chi connectivity index (χ1n) is 5.13. The summed E-state index contributed by atoms with van der Waals surface area (Å²) in [6.45, 7) is 4.11. The summed E-state index contributed by atoms with van der Waals surface area (Å²) in [5.74, 6) is -0.00327. The molecule has 0 fully saturated rings. The van der Waals surface area contributed by atoms with Crippen LogP contribution in [-0.2, 0) is 9.53 Å². The van der Waals surface area contributed by atoms with E-state index in [1.165, 1.54) is 6.92 Å². The molecule has 88 valence electrons. The van der Waals surface area contributed by atoms with Crippen LogP contribution >= 0.6 is 27.5 Å². The Labute approximate surface area is 109 Å². The average Bonchev–Trinajstić information content (AvgIpc) is 2.20. The van der Waals surface area contributed by atoms with Gasteiger partial charge in [0.05, 0.1) is 0 Å². The van der Waals surface area contributed by atoms with Gasteiger partial charge in [-0.15, -0.1) is 0 Å². The van der Waals surface area contributed by atoms with E-state index in [1.807, 2.05) is 13.0 Å². The molecule has 1 rings (SSSR count). The molecule has 0 aliphatic heterocycles. The minimum absolute atomic E-state index is 0.00327. The van der Waals surface area contributed by atoms with Crippen LogP contribution in [0.2, 0.25) is 5.02 Å². The van der Waals surface area contributed by atoms with Gasteiger partial charge in [-0.25, -0.2) is 0 Å². The maximum Gasteiger partial charge on any atom is 0.163 e. The van der Waals surface area contributed by atoms with Gasteiger partial charge in [0.2, 0.25) is 0 Å². The van der Waals surface area contributed by atoms with Crippen molar-refractivity contribution in [3.05, 3.63) is 33.3 Å². The highest BCUT2D eigenvalue weighted by molar-refractivity contribution is 9.10. The summed E-state index contributed by atoms with van der Waals surface area (Å²) in [6.07, 6.45) is 0.376. The largest absolute Gasteiger partial charge is 0.366 e. The second-order valence-corrected chi connectivity index (χ2v) is 4.82. The smallest absolute Gasteiger partial charge is 0.163 e. The van der Waals surface area contributed by atoms with Crippen molar-refractivity contribution in [2.75, 3.05) is 6.61 Å². The maximum absolute atomic E-state index is 11.5. The van der Waals surface area contributed by atoms with Crippen molar-refractivity contribution in [2.24, 2.45) is 0 Å². The molecule has 0 bridgehead atoms. The van der Waals surface area contributed by atoms with Gasteiger partial charge in [-0.05, 0) is 25.5 Å². The first-order chi connectivity index (χ1) is 7.56. The lowest BCUT2D eigenvalue weighted by Crippen LogP contribution is -2.14. The number of benzene rings is 1. The Bertz CT molecular complexity index is 379. The van der Waals surface area contributed by atoms with Crippen LogP contribution in [0.5, 0.6) is 0 Å². The molecule has 2 nitrogen and oxygen atoms in total. The summed E-state index contributed by atoms with van der Waals surface area (Å²) in [4.78, 5) is 11.5. The quantitative estimate of drug-likeness (QED) is 0.816. The van der Waals surface area contributed by atoms with E-state index in [1.54, 1.807) is 12.1 Å². The van der Waals surface area contributed by atoms with E-state index < -0.39 is 6.10 Å². The number of Topliss-reactive ketones (excluding diaryl/α,β-unsaturated/α-hetero) is 1. The Morgan fingerprint density at radius 1 is 1.56 bits per heavy atom. The molecule has 0 aliphatic rings. The third-order valence-corrected chi connectivity index (χ3v) is 3.02. The summed E-state index contributed by atoms with van der Waals surface area (Å²) in [5, 5.41) is 0.633. The SMILES string of the molecule is CCCOC(C(C)=O)c1ccc(Cl)cc1Br. The zero-order valence-electron chi connectivity index (χ0n) is 9.30. The third-order valence-electron chi connectivity index (χ3n) is 2.10. The normalized spacial score (nSPS) is 12.5. The number of rotatable bonds is 5. The van der Waals surface area contributed by atoms with Gasteiger partial charge >= 0.3 is 0 Å². The number of halogens is 2. The fraction of sp³-hybridized carbons (Fsp3) is 0.417. The molecular formula is C12H14BrClO2. The fourth-order valence-electron chi connectivity index (χ4n) is 1.38. The minimum Gasteiger partial charge on any atom is -0.366 e. The zero-order chi connectivity index (χ0) is 12.1. The van der Waals surface area contributed by atoms with E-state index in [9.17, 15) is 4.79 Å². The van der Waals surface area contributed by atoms with Gasteiger partial charge < -0.3 is 4.74 Å². The molecule has 16 heavy (non-hydrogen) atoms. The zero-order valence-corrected chi connectivity index (χ0v) is 11.6. The number of ketones is 1. The van der Waals surface area contributed by atoms with Crippen molar-refractivity contribution in [1.82, 2.24) is 0 Å². The monoisotopic (exact) mass is 304 g/mol. The second-order valence-electron chi connectivity index (χ2n) is 3.53. The van der Waals surface area contributed by atoms with E-state index in [-0.39, 0.29) is 5.78 Å². The maximum atomic E-state index is 11.5. The van der Waals surface area contributed by atoms with Gasteiger partial charge in [-0.2, -0.15) is 0 Å². The number of carbonyl (C=O) groups excluding carboxylic acids is 1. The molecule has 0 aliphatic carbocycles. The standard InChI is InChI=1S/C12H14BrClO2/c1-3-6-16-12(8(2)15)10-5-4-9(14)7-11(10)13/h4-5,7,12H,3,6H2,1-2H3. The molecule has 4 heteroatoms. The van der Waals surface area contributed by atoms with Gasteiger partial charge in [0, 0.05) is 21.7 Å². The van der Waals surface area contributed by atoms with Crippen LogP contribution in [0, 0.1) is 0 Å². The van der Waals surface area contributed by atoms with Crippen molar-refractivity contribution in [1.29, 1.82) is 0 Å². The highest BCUT2D eigenvalue weighted by Crippen LogP contribution is 2.29. The summed E-state index contributed by atoms with van der Waals surface area (Å²) in [7, 11) is 0. The van der Waals surface area contributed by atoms with Gasteiger partial charge in [-0.3, -0.25) is 4.79 Å². The van der Waals surface area contributed by atoms with Crippen molar-refractivity contribution < 1.29 is 9.53 Å². The first-order valence-corrected chi connectivity index (χ1v) is 6.30. The van der Waals surface area contributed by atoms with Crippen LogP contribution in [0.15, 0.2) is 22.7 Å². The highest BCUT2D eigenvalue weighted by Gasteiger charge is 2.19. The number of hydrogen-bond acceptors (Lipinski definition) is 2. The fourth-order valence-corrected chi connectivity index (χ4v) is 2.27. The summed E-state index contributed by atoms with van der Waals surface area (Å²) in [6, 6.07) is 5.34. The molecule has 1 atom stereocenters. The number of ether oxygens (including phenoxy) is 1. The second kappa shape index (κ2) is 6.38. The highest BCUT2D eigenvalue weighted by atomic mass is 79.9. The van der Waals surface area contributed by atoms with Crippen LogP contribution in [0.25, 0.3) is 0 Å². The average molecular weight is 306 g/mol. The summed E-state index contributed by atoms with van der Waals surface area (Å²) >= 11 is 9.24. The molecule has 0 radical (unpaired) electrons. The van der Waals surface area contributed by atoms with E-state index >= 15 is 0 Å². The number of carbonyl (C=O) groups is 1. The summed E-state index contributed by atoms with van der Waals surface area (Å²) in [5.41, 5.74) is 0.824. The summed E-state index contributed by atoms with van der Waals surface area (Å²) < 4.78 is 6.34. The van der Waals surface area contributed by atoms with Crippen molar-refractivity contribution >= 4 is 33.3 Å². The molecule has 0 heterocycles. The molecular weight excluding hydrogens is 291 g/mol. The molecule has 1 aromatic carbocycles. The Morgan fingerprint density at radius 2 is 2.25 bits per heavy atom. The van der Waals surface area contributed by atoms with E-state index in [0.717, 1.165) is 16.5 Å². The molecule has 0 saturated heterocycles. The lowest BCUT2D eigenvalue weighted by atomic mass is 10.1. The number of hydrogen-bond donors (Lipinski definition) is 0.